The van der Waals surface area contributed by atoms with Crippen molar-refractivity contribution >= 4 is 40.0 Å². The number of hydrogen-bond donors (Lipinski definition) is 1. The summed E-state index contributed by atoms with van der Waals surface area (Å²) < 4.78 is 5.70. The molecule has 0 saturated carbocycles. The SMILES string of the molecule is CCOC(=O)CCC(=O)c1cc(I)ccc1N. The third kappa shape index (κ3) is 4.33. The molecule has 0 aliphatic heterocycles. The van der Waals surface area contributed by atoms with Gasteiger partial charge in [0.25, 0.3) is 0 Å². The van der Waals surface area contributed by atoms with Crippen LogP contribution in [0.25, 0.3) is 0 Å². The predicted molar refractivity (Wildman–Crippen MR) is 73.8 cm³/mol. The first kappa shape index (κ1) is 14.0. The van der Waals surface area contributed by atoms with Gasteiger partial charge in [-0.05, 0) is 47.7 Å². The second-order valence-corrected chi connectivity index (χ2v) is 4.71. The number of Topliss-reactive ketones (excluding diaryl/α,β-unsaturated/α-hetero) is 1. The van der Waals surface area contributed by atoms with Gasteiger partial charge in [0.1, 0.15) is 0 Å². The highest BCUT2D eigenvalue weighted by molar-refractivity contribution is 14.1. The van der Waals surface area contributed by atoms with Gasteiger partial charge in [-0.2, -0.15) is 0 Å². The Kier molecular flexibility index (Phi) is 5.40. The molecule has 2 N–H and O–H groups in total. The summed E-state index contributed by atoms with van der Waals surface area (Å²) in [7, 11) is 0. The minimum Gasteiger partial charge on any atom is -0.466 e. The van der Waals surface area contributed by atoms with Gasteiger partial charge in [-0.25, -0.2) is 0 Å². The van der Waals surface area contributed by atoms with Gasteiger partial charge in [0.15, 0.2) is 5.78 Å². The summed E-state index contributed by atoms with van der Waals surface area (Å²) in [6, 6.07) is 5.25. The number of esters is 1. The fraction of sp³-hybridized carbons (Fsp3) is 0.333. The number of hydrogen-bond acceptors (Lipinski definition) is 4. The van der Waals surface area contributed by atoms with Gasteiger partial charge in [0.05, 0.1) is 13.0 Å². The van der Waals surface area contributed by atoms with Crippen LogP contribution in [0.2, 0.25) is 0 Å². The zero-order chi connectivity index (χ0) is 12.8. The molecule has 1 aromatic carbocycles. The first-order chi connectivity index (χ1) is 8.04. The summed E-state index contributed by atoms with van der Waals surface area (Å²) in [5.41, 5.74) is 6.63. The highest BCUT2D eigenvalue weighted by Crippen LogP contribution is 2.18. The van der Waals surface area contributed by atoms with Crippen molar-refractivity contribution in [1.82, 2.24) is 0 Å². The van der Waals surface area contributed by atoms with Crippen LogP contribution in [0.15, 0.2) is 18.2 Å². The van der Waals surface area contributed by atoms with Crippen molar-refractivity contribution in [3.63, 3.8) is 0 Å². The molecule has 0 spiro atoms. The summed E-state index contributed by atoms with van der Waals surface area (Å²) in [5.74, 6) is -0.487. The molecule has 0 bridgehead atoms. The van der Waals surface area contributed by atoms with Gasteiger partial charge >= 0.3 is 5.97 Å². The van der Waals surface area contributed by atoms with Crippen molar-refractivity contribution in [2.75, 3.05) is 12.3 Å². The zero-order valence-electron chi connectivity index (χ0n) is 9.53. The van der Waals surface area contributed by atoms with Crippen LogP contribution in [-0.4, -0.2) is 18.4 Å². The summed E-state index contributed by atoms with van der Waals surface area (Å²) in [6.07, 6.45) is 0.223. The minimum absolute atomic E-state index is 0.0948. The number of nitrogens with two attached hydrogens (primary N) is 1. The topological polar surface area (TPSA) is 69.4 Å². The molecule has 0 saturated heterocycles. The van der Waals surface area contributed by atoms with Gasteiger partial charge in [-0.3, -0.25) is 9.59 Å². The lowest BCUT2D eigenvalue weighted by Gasteiger charge is -2.05. The molecule has 17 heavy (non-hydrogen) atoms. The van der Waals surface area contributed by atoms with E-state index in [9.17, 15) is 9.59 Å². The molecule has 4 nitrogen and oxygen atoms in total. The second-order valence-electron chi connectivity index (χ2n) is 3.46. The van der Waals surface area contributed by atoms with E-state index >= 15 is 0 Å². The Morgan fingerprint density at radius 3 is 2.71 bits per heavy atom. The zero-order valence-corrected chi connectivity index (χ0v) is 11.7. The van der Waals surface area contributed by atoms with Crippen molar-refractivity contribution < 1.29 is 14.3 Å². The van der Waals surface area contributed by atoms with Crippen LogP contribution in [0.1, 0.15) is 30.1 Å². The molecule has 0 radical (unpaired) electrons. The molecule has 0 aliphatic carbocycles. The van der Waals surface area contributed by atoms with Crippen LogP contribution in [0.3, 0.4) is 0 Å². The molecule has 1 aromatic rings. The van der Waals surface area contributed by atoms with E-state index in [-0.39, 0.29) is 24.6 Å². The Morgan fingerprint density at radius 1 is 1.35 bits per heavy atom. The fourth-order valence-electron chi connectivity index (χ4n) is 1.35. The van der Waals surface area contributed by atoms with E-state index in [1.165, 1.54) is 0 Å². The average Bonchev–Trinajstić information content (AvgIpc) is 2.29. The number of carbonyl (C=O) groups excluding carboxylic acids is 2. The Hall–Kier alpha value is -1.11. The first-order valence-corrected chi connectivity index (χ1v) is 6.36. The summed E-state index contributed by atoms with van der Waals surface area (Å²) in [5, 5.41) is 0. The molecular formula is C12H14INO3. The molecule has 1 rings (SSSR count). The van der Waals surface area contributed by atoms with Gasteiger partial charge in [-0.1, -0.05) is 0 Å². The van der Waals surface area contributed by atoms with Crippen molar-refractivity contribution in [2.24, 2.45) is 0 Å². The van der Waals surface area contributed by atoms with Crippen LogP contribution >= 0.6 is 22.6 Å². The fourth-order valence-corrected chi connectivity index (χ4v) is 1.84. The summed E-state index contributed by atoms with van der Waals surface area (Å²) in [4.78, 5) is 23.0. The van der Waals surface area contributed by atoms with Gasteiger partial charge in [0, 0.05) is 21.2 Å². The Balaban J connectivity index is 2.64. The van der Waals surface area contributed by atoms with Gasteiger partial charge < -0.3 is 10.5 Å². The van der Waals surface area contributed by atoms with Crippen LogP contribution in [0, 0.1) is 3.57 Å². The summed E-state index contributed by atoms with van der Waals surface area (Å²) in [6.45, 7) is 2.07. The first-order valence-electron chi connectivity index (χ1n) is 5.28. The number of anilines is 1. The second kappa shape index (κ2) is 6.58. The number of nitrogen functional groups attached to an aromatic ring is 1. The number of carbonyl (C=O) groups is 2. The maximum absolute atomic E-state index is 11.8. The maximum atomic E-state index is 11.8. The highest BCUT2D eigenvalue weighted by atomic mass is 127. The summed E-state index contributed by atoms with van der Waals surface area (Å²) >= 11 is 2.11. The van der Waals surface area contributed by atoms with E-state index < -0.39 is 0 Å². The van der Waals surface area contributed by atoms with Crippen molar-refractivity contribution in [3.8, 4) is 0 Å². The smallest absolute Gasteiger partial charge is 0.306 e. The van der Waals surface area contributed by atoms with E-state index in [1.807, 2.05) is 6.07 Å². The van der Waals surface area contributed by atoms with E-state index in [2.05, 4.69) is 22.6 Å². The van der Waals surface area contributed by atoms with Crippen LogP contribution < -0.4 is 5.73 Å². The molecular weight excluding hydrogens is 333 g/mol. The number of ether oxygens (including phenoxy) is 1. The lowest BCUT2D eigenvalue weighted by molar-refractivity contribution is -0.143. The molecule has 0 heterocycles. The quantitative estimate of drug-likeness (QED) is 0.384. The van der Waals surface area contributed by atoms with E-state index in [0.29, 0.717) is 17.9 Å². The molecule has 0 aromatic heterocycles. The van der Waals surface area contributed by atoms with Crippen molar-refractivity contribution in [3.05, 3.63) is 27.3 Å². The predicted octanol–water partition coefficient (Wildman–Crippen LogP) is 2.40. The lowest BCUT2D eigenvalue weighted by Crippen LogP contribution is -2.09. The molecule has 0 amide bonds. The van der Waals surface area contributed by atoms with Gasteiger partial charge in [-0.15, -0.1) is 0 Å². The van der Waals surface area contributed by atoms with E-state index in [4.69, 9.17) is 10.5 Å². The van der Waals surface area contributed by atoms with Crippen LogP contribution in [0.4, 0.5) is 5.69 Å². The number of ketones is 1. The molecule has 92 valence electrons. The third-order valence-corrected chi connectivity index (χ3v) is 2.85. The lowest BCUT2D eigenvalue weighted by atomic mass is 10.1. The minimum atomic E-state index is -0.356. The van der Waals surface area contributed by atoms with E-state index in [0.717, 1.165) is 3.57 Å². The maximum Gasteiger partial charge on any atom is 0.306 e. The number of rotatable bonds is 5. The largest absolute Gasteiger partial charge is 0.466 e. The van der Waals surface area contributed by atoms with Crippen molar-refractivity contribution in [1.29, 1.82) is 0 Å². The molecule has 5 heteroatoms. The van der Waals surface area contributed by atoms with Gasteiger partial charge in [0.2, 0.25) is 0 Å². The monoisotopic (exact) mass is 347 g/mol. The average molecular weight is 347 g/mol. The number of benzene rings is 1. The third-order valence-electron chi connectivity index (χ3n) is 2.18. The Bertz CT molecular complexity index is 432. The highest BCUT2D eigenvalue weighted by Gasteiger charge is 2.12. The van der Waals surface area contributed by atoms with Crippen molar-refractivity contribution in [2.45, 2.75) is 19.8 Å². The van der Waals surface area contributed by atoms with E-state index in [1.54, 1.807) is 19.1 Å². The normalized spacial score (nSPS) is 10.0. The standard InChI is InChI=1S/C12H14INO3/c1-2-17-12(16)6-5-11(15)9-7-8(13)3-4-10(9)14/h3-4,7H,2,5-6,14H2,1H3. The molecule has 0 atom stereocenters. The molecule has 0 unspecified atom stereocenters. The molecule has 0 fully saturated rings. The van der Waals surface area contributed by atoms with Crippen LogP contribution in [0.5, 0.6) is 0 Å². The van der Waals surface area contributed by atoms with Crippen LogP contribution in [-0.2, 0) is 9.53 Å². The Morgan fingerprint density at radius 2 is 2.06 bits per heavy atom. The number of halogens is 1. The Labute approximate surface area is 114 Å². The molecule has 0 aliphatic rings.